The normalized spacial score (nSPS) is 11.1. The van der Waals surface area contributed by atoms with Crippen molar-refractivity contribution in [3.8, 4) is 0 Å². The molecule has 108 valence electrons. The fourth-order valence-electron chi connectivity index (χ4n) is 2.12. The number of nitrogens with zero attached hydrogens (tertiary/aromatic N) is 2. The molecule has 0 bridgehead atoms. The molecule has 1 amide bonds. The lowest BCUT2D eigenvalue weighted by molar-refractivity contribution is 0.0750. The Morgan fingerprint density at radius 3 is 2.80 bits per heavy atom. The topological polar surface area (TPSA) is 46.3 Å². The van der Waals surface area contributed by atoms with Crippen LogP contribution < -0.4 is 0 Å². The van der Waals surface area contributed by atoms with Crippen LogP contribution in [0.25, 0.3) is 0 Å². The first kappa shape index (κ1) is 14.8. The van der Waals surface area contributed by atoms with Gasteiger partial charge in [-0.05, 0) is 25.3 Å². The van der Waals surface area contributed by atoms with Crippen LogP contribution in [0.1, 0.15) is 53.4 Å². The number of carbonyl (C=O) groups is 1. The summed E-state index contributed by atoms with van der Waals surface area (Å²) in [6.07, 6.45) is 0. The van der Waals surface area contributed by atoms with Gasteiger partial charge >= 0.3 is 0 Å². The van der Waals surface area contributed by atoms with Gasteiger partial charge in [-0.1, -0.05) is 25.1 Å². The number of thiophene rings is 1. The van der Waals surface area contributed by atoms with Crippen molar-refractivity contribution in [2.75, 3.05) is 6.54 Å². The Balaban J connectivity index is 2.26. The number of hydrogen-bond donors (Lipinski definition) is 0. The molecule has 20 heavy (non-hydrogen) atoms. The van der Waals surface area contributed by atoms with E-state index in [-0.39, 0.29) is 11.8 Å². The second-order valence-electron chi connectivity index (χ2n) is 5.06. The van der Waals surface area contributed by atoms with E-state index in [0.717, 1.165) is 0 Å². The number of rotatable bonds is 5. The highest BCUT2D eigenvalue weighted by Gasteiger charge is 2.26. The van der Waals surface area contributed by atoms with Crippen LogP contribution in [0.15, 0.2) is 22.0 Å². The van der Waals surface area contributed by atoms with E-state index in [9.17, 15) is 4.79 Å². The maximum absolute atomic E-state index is 12.7. The molecule has 2 heterocycles. The third kappa shape index (κ3) is 2.93. The molecule has 0 aliphatic rings. The molecule has 2 rings (SSSR count). The molecule has 0 fully saturated rings. The summed E-state index contributed by atoms with van der Waals surface area (Å²) in [5, 5.41) is 5.98. The van der Waals surface area contributed by atoms with Gasteiger partial charge in [0, 0.05) is 17.3 Å². The molecule has 0 radical (unpaired) electrons. The monoisotopic (exact) mass is 292 g/mol. The Labute approximate surface area is 123 Å². The van der Waals surface area contributed by atoms with E-state index in [1.807, 2.05) is 50.1 Å². The number of amides is 1. The summed E-state index contributed by atoms with van der Waals surface area (Å²) in [6, 6.07) is 4.05. The lowest BCUT2D eigenvalue weighted by atomic mass is 10.0. The molecule has 2 aromatic heterocycles. The number of aryl methyl sites for hydroxylation is 1. The van der Waals surface area contributed by atoms with Crippen molar-refractivity contribution in [2.24, 2.45) is 0 Å². The minimum atomic E-state index is 0.00310. The molecule has 4 nitrogen and oxygen atoms in total. The van der Waals surface area contributed by atoms with E-state index >= 15 is 0 Å². The average molecular weight is 292 g/mol. The predicted molar refractivity (Wildman–Crippen MR) is 80.1 cm³/mol. The van der Waals surface area contributed by atoms with Gasteiger partial charge in [0.25, 0.3) is 5.91 Å². The first-order valence-corrected chi connectivity index (χ1v) is 7.70. The predicted octanol–water partition coefficient (Wildman–Crippen LogP) is 3.83. The summed E-state index contributed by atoms with van der Waals surface area (Å²) >= 11 is 1.66. The zero-order chi connectivity index (χ0) is 14.7. The summed E-state index contributed by atoms with van der Waals surface area (Å²) in [7, 11) is 0. The maximum Gasteiger partial charge on any atom is 0.259 e. The molecule has 0 N–H and O–H groups in total. The Morgan fingerprint density at radius 1 is 1.50 bits per heavy atom. The van der Waals surface area contributed by atoms with Gasteiger partial charge in [0.15, 0.2) is 5.76 Å². The van der Waals surface area contributed by atoms with Crippen molar-refractivity contribution in [3.63, 3.8) is 0 Å². The van der Waals surface area contributed by atoms with Crippen LogP contribution in [0.5, 0.6) is 0 Å². The molecular weight excluding hydrogens is 272 g/mol. The fourth-order valence-corrected chi connectivity index (χ4v) is 2.84. The first-order chi connectivity index (χ1) is 9.54. The minimum Gasteiger partial charge on any atom is -0.360 e. The molecular formula is C15H20N2O2S. The summed E-state index contributed by atoms with van der Waals surface area (Å²) in [6.45, 7) is 9.12. The minimum absolute atomic E-state index is 0.00310. The van der Waals surface area contributed by atoms with Crippen LogP contribution >= 0.6 is 11.3 Å². The first-order valence-electron chi connectivity index (χ1n) is 6.82. The van der Waals surface area contributed by atoms with Crippen LogP contribution in [-0.4, -0.2) is 22.5 Å². The molecule has 0 aliphatic heterocycles. The SMILES string of the molecule is CCN(Cc1cccs1)C(=O)c1c(C)noc1C(C)C. The Hall–Kier alpha value is -1.62. The summed E-state index contributed by atoms with van der Waals surface area (Å²) in [5.41, 5.74) is 1.29. The summed E-state index contributed by atoms with van der Waals surface area (Å²) < 4.78 is 5.31. The highest BCUT2D eigenvalue weighted by Crippen LogP contribution is 2.24. The zero-order valence-electron chi connectivity index (χ0n) is 12.3. The molecule has 0 unspecified atom stereocenters. The van der Waals surface area contributed by atoms with Gasteiger partial charge in [-0.2, -0.15) is 0 Å². The number of carbonyl (C=O) groups excluding carboxylic acids is 1. The molecule has 2 aromatic rings. The van der Waals surface area contributed by atoms with Crippen molar-refractivity contribution in [3.05, 3.63) is 39.4 Å². The highest BCUT2D eigenvalue weighted by atomic mass is 32.1. The van der Waals surface area contributed by atoms with E-state index in [0.29, 0.717) is 30.1 Å². The van der Waals surface area contributed by atoms with Gasteiger partial charge in [0.05, 0.1) is 12.2 Å². The van der Waals surface area contributed by atoms with Crippen LogP contribution in [-0.2, 0) is 6.54 Å². The van der Waals surface area contributed by atoms with Gasteiger partial charge in [-0.3, -0.25) is 4.79 Å². The van der Waals surface area contributed by atoms with Crippen LogP contribution in [0, 0.1) is 6.92 Å². The van der Waals surface area contributed by atoms with E-state index in [1.54, 1.807) is 11.3 Å². The van der Waals surface area contributed by atoms with Crippen LogP contribution in [0.4, 0.5) is 0 Å². The van der Waals surface area contributed by atoms with Crippen molar-refractivity contribution in [1.82, 2.24) is 10.1 Å². The molecule has 0 spiro atoms. The van der Waals surface area contributed by atoms with E-state index in [1.165, 1.54) is 4.88 Å². The standard InChI is InChI=1S/C15H20N2O2S/c1-5-17(9-12-7-6-8-20-12)15(18)13-11(4)16-19-14(13)10(2)3/h6-8,10H,5,9H2,1-4H3. The quantitative estimate of drug-likeness (QED) is 0.841. The molecule has 0 saturated carbocycles. The van der Waals surface area contributed by atoms with Crippen LogP contribution in [0.3, 0.4) is 0 Å². The van der Waals surface area contributed by atoms with Crippen LogP contribution in [0.2, 0.25) is 0 Å². The van der Waals surface area contributed by atoms with E-state index < -0.39 is 0 Å². The van der Waals surface area contributed by atoms with Gasteiger partial charge in [0.2, 0.25) is 0 Å². The lowest BCUT2D eigenvalue weighted by Crippen LogP contribution is -2.31. The largest absolute Gasteiger partial charge is 0.360 e. The third-order valence-electron chi connectivity index (χ3n) is 3.22. The van der Waals surface area contributed by atoms with Crippen molar-refractivity contribution < 1.29 is 9.32 Å². The number of hydrogen-bond acceptors (Lipinski definition) is 4. The molecule has 0 saturated heterocycles. The molecule has 0 atom stereocenters. The summed E-state index contributed by atoms with van der Waals surface area (Å²) in [4.78, 5) is 15.8. The van der Waals surface area contributed by atoms with Crippen molar-refractivity contribution >= 4 is 17.2 Å². The lowest BCUT2D eigenvalue weighted by Gasteiger charge is -2.20. The molecule has 0 aromatic carbocycles. The smallest absolute Gasteiger partial charge is 0.259 e. The average Bonchev–Trinajstić information content (AvgIpc) is 3.04. The second-order valence-corrected chi connectivity index (χ2v) is 6.09. The van der Waals surface area contributed by atoms with Gasteiger partial charge in [-0.15, -0.1) is 11.3 Å². The molecule has 5 heteroatoms. The Bertz CT molecular complexity index is 573. The van der Waals surface area contributed by atoms with Crippen molar-refractivity contribution in [2.45, 2.75) is 40.2 Å². The van der Waals surface area contributed by atoms with Gasteiger partial charge < -0.3 is 9.42 Å². The fraction of sp³-hybridized carbons (Fsp3) is 0.467. The molecule has 0 aliphatic carbocycles. The Kier molecular flexibility index (Phi) is 4.60. The maximum atomic E-state index is 12.7. The summed E-state index contributed by atoms with van der Waals surface area (Å²) in [5.74, 6) is 0.830. The second kappa shape index (κ2) is 6.22. The Morgan fingerprint density at radius 2 is 2.25 bits per heavy atom. The highest BCUT2D eigenvalue weighted by molar-refractivity contribution is 7.09. The third-order valence-corrected chi connectivity index (χ3v) is 4.08. The van der Waals surface area contributed by atoms with E-state index in [4.69, 9.17) is 4.52 Å². The van der Waals surface area contributed by atoms with Gasteiger partial charge in [0.1, 0.15) is 5.56 Å². The number of aromatic nitrogens is 1. The van der Waals surface area contributed by atoms with Gasteiger partial charge in [-0.25, -0.2) is 0 Å². The van der Waals surface area contributed by atoms with Crippen molar-refractivity contribution in [1.29, 1.82) is 0 Å². The zero-order valence-corrected chi connectivity index (χ0v) is 13.2. The van der Waals surface area contributed by atoms with E-state index in [2.05, 4.69) is 5.16 Å².